The summed E-state index contributed by atoms with van der Waals surface area (Å²) in [7, 11) is 4.29. The second-order valence-corrected chi connectivity index (χ2v) is 21.5. The fourth-order valence-corrected chi connectivity index (χ4v) is 10.1. The topological polar surface area (TPSA) is 270 Å². The fraction of sp³-hybridized carbons (Fsp3) is 0.732. The molecule has 418 valence electrons. The summed E-state index contributed by atoms with van der Waals surface area (Å²) in [6.45, 7) is 12.0. The average Bonchev–Trinajstić information content (AvgIpc) is 3.38. The molecule has 0 bridgehead atoms. The number of Topliss-reactive ketones (excluding diaryl/α,β-unsaturated/α-hetero) is 4. The standard InChI is InChI=1S/C56H87NO17/c1-32-17-13-12-14-18-33(2)45(70-9)28-40(60)27-43(62)38(7)50(65)51(66)53(67)57-22-16-15-19-41(57)54(68)73-46(29-42(61)34(3)24-37(6)49(64)52(72-11)48(63)36(5)23-32)35(4)25-39-20-21-44(47(26-39)71-10)74-55(69)56(8,30-58)31-59/h12-14,17-18,24,32,34-36,38-41,43-47,49,52,58-60,62,64H,15-16,19-23,25-31H2,1-11H3/b14-12+,17-13+,33-18+,37-24+. The molecule has 15 unspecified atom stereocenters. The molecule has 1 saturated heterocycles. The van der Waals surface area contributed by atoms with Gasteiger partial charge in [-0.1, -0.05) is 71.1 Å². The molecule has 18 heteroatoms. The molecule has 1 amide bonds. The molecule has 2 fully saturated rings. The van der Waals surface area contributed by atoms with E-state index in [4.69, 9.17) is 23.7 Å². The summed E-state index contributed by atoms with van der Waals surface area (Å²) in [5.41, 5.74) is -0.427. The second kappa shape index (κ2) is 30.5. The molecule has 1 aliphatic carbocycles. The number of ether oxygens (including phenoxy) is 5. The average molecular weight is 1050 g/mol. The predicted octanol–water partition coefficient (Wildman–Crippen LogP) is 4.54. The molecule has 74 heavy (non-hydrogen) atoms. The SMILES string of the molecule is COC1CC(O)CC(O)C(C)C(=O)C(=O)C(=O)N2CCCCC2C(=O)OC(C(C)CC2CCC(OC(=O)C(C)(CO)CO)C(OC)C2)CC(=O)C(C)/C=C(\C)C(O)C(OC)C(=O)C(C)CC(C)/C=C/C=C/C=C/1C. The van der Waals surface area contributed by atoms with Gasteiger partial charge in [-0.25, -0.2) is 4.79 Å². The van der Waals surface area contributed by atoms with Gasteiger partial charge in [0.2, 0.25) is 5.78 Å². The molecule has 18 nitrogen and oxygen atoms in total. The minimum absolute atomic E-state index is 0.0402. The van der Waals surface area contributed by atoms with Crippen LogP contribution < -0.4 is 0 Å². The molecule has 15 atom stereocenters. The molecule has 3 rings (SSSR count). The van der Waals surface area contributed by atoms with Crippen LogP contribution in [0.5, 0.6) is 0 Å². The first-order valence-corrected chi connectivity index (χ1v) is 26.3. The van der Waals surface area contributed by atoms with Crippen LogP contribution in [0.2, 0.25) is 0 Å². The fourth-order valence-electron chi connectivity index (χ4n) is 10.1. The van der Waals surface area contributed by atoms with E-state index >= 15 is 0 Å². The molecule has 3 aliphatic rings. The number of aliphatic hydroxyl groups is 5. The molecule has 5 N–H and O–H groups in total. The van der Waals surface area contributed by atoms with E-state index in [1.165, 1.54) is 35.2 Å². The number of rotatable bonds is 10. The van der Waals surface area contributed by atoms with Gasteiger partial charge in [-0.15, -0.1) is 0 Å². The van der Waals surface area contributed by atoms with E-state index in [2.05, 4.69) is 0 Å². The highest BCUT2D eigenvalue weighted by Gasteiger charge is 2.44. The van der Waals surface area contributed by atoms with E-state index in [1.807, 2.05) is 39.0 Å². The van der Waals surface area contributed by atoms with Crippen molar-refractivity contribution in [3.63, 3.8) is 0 Å². The highest BCUT2D eigenvalue weighted by atomic mass is 16.6. The van der Waals surface area contributed by atoms with Crippen molar-refractivity contribution in [2.45, 2.75) is 181 Å². The number of hydrogen-bond donors (Lipinski definition) is 5. The first-order chi connectivity index (χ1) is 34.9. The smallest absolute Gasteiger partial charge is 0.329 e. The highest BCUT2D eigenvalue weighted by molar-refractivity contribution is 6.63. The van der Waals surface area contributed by atoms with Crippen LogP contribution >= 0.6 is 0 Å². The van der Waals surface area contributed by atoms with Crippen LogP contribution in [0, 0.1) is 40.9 Å². The Bertz CT molecular complexity index is 2020. The van der Waals surface area contributed by atoms with Crippen LogP contribution in [-0.4, -0.2) is 167 Å². The first kappa shape index (κ1) is 64.0. The maximum atomic E-state index is 14.4. The predicted molar refractivity (Wildman–Crippen MR) is 274 cm³/mol. The quantitative estimate of drug-likeness (QED) is 0.114. The maximum Gasteiger partial charge on any atom is 0.329 e. The Balaban J connectivity index is 2.01. The summed E-state index contributed by atoms with van der Waals surface area (Å²) in [6.07, 6.45) is 5.28. The second-order valence-electron chi connectivity index (χ2n) is 21.5. The number of methoxy groups -OCH3 is 3. The third kappa shape index (κ3) is 17.9. The molecule has 0 radical (unpaired) electrons. The lowest BCUT2D eigenvalue weighted by molar-refractivity contribution is -0.177. The van der Waals surface area contributed by atoms with Crippen LogP contribution in [0.4, 0.5) is 0 Å². The number of piperidine rings is 1. The summed E-state index contributed by atoms with van der Waals surface area (Å²) in [5.74, 6) is -9.49. The zero-order valence-electron chi connectivity index (χ0n) is 45.6. The molecule has 2 aliphatic heterocycles. The number of carbonyl (C=O) groups is 7. The van der Waals surface area contributed by atoms with Gasteiger partial charge < -0.3 is 54.1 Å². The van der Waals surface area contributed by atoms with Gasteiger partial charge in [0, 0.05) is 64.9 Å². The Labute approximate surface area is 437 Å². The molecule has 2 heterocycles. The molecule has 1 saturated carbocycles. The molecule has 0 aromatic carbocycles. The van der Waals surface area contributed by atoms with Gasteiger partial charge in [-0.05, 0) is 101 Å². The van der Waals surface area contributed by atoms with Gasteiger partial charge in [-0.2, -0.15) is 0 Å². The summed E-state index contributed by atoms with van der Waals surface area (Å²) < 4.78 is 28.9. The van der Waals surface area contributed by atoms with Crippen LogP contribution in [0.1, 0.15) is 126 Å². The van der Waals surface area contributed by atoms with Crippen molar-refractivity contribution in [1.29, 1.82) is 0 Å². The van der Waals surface area contributed by atoms with E-state index in [1.54, 1.807) is 39.0 Å². The number of carbonyl (C=O) groups excluding carboxylic acids is 7. The number of amides is 1. The Hall–Kier alpha value is -4.27. The van der Waals surface area contributed by atoms with Crippen molar-refractivity contribution in [3.05, 3.63) is 47.6 Å². The highest BCUT2D eigenvalue weighted by Crippen LogP contribution is 2.36. The van der Waals surface area contributed by atoms with E-state index in [9.17, 15) is 59.1 Å². The largest absolute Gasteiger partial charge is 0.460 e. The summed E-state index contributed by atoms with van der Waals surface area (Å²) >= 11 is 0. The Morgan fingerprint density at radius 2 is 1.50 bits per heavy atom. The molecule has 0 aromatic rings. The van der Waals surface area contributed by atoms with Crippen molar-refractivity contribution in [1.82, 2.24) is 4.90 Å². The number of allylic oxidation sites excluding steroid dienone is 6. The summed E-state index contributed by atoms with van der Waals surface area (Å²) in [5, 5.41) is 53.1. The van der Waals surface area contributed by atoms with Crippen molar-refractivity contribution in [3.8, 4) is 0 Å². The van der Waals surface area contributed by atoms with E-state index in [0.29, 0.717) is 50.5 Å². The Morgan fingerprint density at radius 1 is 0.824 bits per heavy atom. The number of aliphatic hydroxyl groups excluding tert-OH is 5. The van der Waals surface area contributed by atoms with Gasteiger partial charge in [-0.3, -0.25) is 28.8 Å². The number of ketones is 4. The summed E-state index contributed by atoms with van der Waals surface area (Å²) in [4.78, 5) is 97.4. The minimum atomic E-state index is -1.50. The molecular weight excluding hydrogens is 959 g/mol. The van der Waals surface area contributed by atoms with Gasteiger partial charge in [0.05, 0.1) is 37.6 Å². The normalized spacial score (nSPS) is 35.7. The lowest BCUT2D eigenvalue weighted by Gasteiger charge is -2.38. The monoisotopic (exact) mass is 1050 g/mol. The van der Waals surface area contributed by atoms with Crippen molar-refractivity contribution < 1.29 is 82.8 Å². The first-order valence-electron chi connectivity index (χ1n) is 26.3. The van der Waals surface area contributed by atoms with E-state index in [-0.39, 0.29) is 55.6 Å². The van der Waals surface area contributed by atoms with Gasteiger partial charge in [0.15, 0.2) is 5.78 Å². The number of hydrogen-bond acceptors (Lipinski definition) is 17. The minimum Gasteiger partial charge on any atom is -0.460 e. The van der Waals surface area contributed by atoms with E-state index < -0.39 is 127 Å². The van der Waals surface area contributed by atoms with Crippen LogP contribution in [-0.2, 0) is 57.2 Å². The zero-order valence-corrected chi connectivity index (χ0v) is 45.6. The molecular formula is C56H87NO17. The van der Waals surface area contributed by atoms with E-state index in [0.717, 1.165) is 10.5 Å². The van der Waals surface area contributed by atoms with Gasteiger partial charge >= 0.3 is 11.9 Å². The van der Waals surface area contributed by atoms with Crippen LogP contribution in [0.25, 0.3) is 0 Å². The lowest BCUT2D eigenvalue weighted by Crippen LogP contribution is -2.53. The van der Waals surface area contributed by atoms with Crippen LogP contribution in [0.3, 0.4) is 0 Å². The van der Waals surface area contributed by atoms with Crippen molar-refractivity contribution >= 4 is 41.0 Å². The summed E-state index contributed by atoms with van der Waals surface area (Å²) in [6, 6.07) is -1.28. The Kier molecular flexibility index (Phi) is 26.4. The van der Waals surface area contributed by atoms with Crippen molar-refractivity contribution in [2.75, 3.05) is 41.1 Å². The lowest BCUT2D eigenvalue weighted by atomic mass is 9.78. The number of fused-ring (bicyclic) bond motifs is 1. The maximum absolute atomic E-state index is 14.4. The van der Waals surface area contributed by atoms with Crippen molar-refractivity contribution in [2.24, 2.45) is 40.9 Å². The number of cyclic esters (lactones) is 1. The number of nitrogens with zero attached hydrogens (tertiary/aromatic N) is 1. The third-order valence-corrected chi connectivity index (χ3v) is 15.4. The van der Waals surface area contributed by atoms with Crippen LogP contribution in [0.15, 0.2) is 47.6 Å². The zero-order chi connectivity index (χ0) is 55.6. The van der Waals surface area contributed by atoms with Gasteiger partial charge in [0.25, 0.3) is 11.7 Å². The Morgan fingerprint density at radius 3 is 2.12 bits per heavy atom. The molecule has 0 aromatic heterocycles. The third-order valence-electron chi connectivity index (χ3n) is 15.4. The van der Waals surface area contributed by atoms with Gasteiger partial charge in [0.1, 0.15) is 41.7 Å². The molecule has 0 spiro atoms. The number of esters is 2.